The number of aromatic carboxylic acids is 1. The van der Waals surface area contributed by atoms with Gasteiger partial charge in [0.05, 0.1) is 30.2 Å². The zero-order valence-electron chi connectivity index (χ0n) is 22.1. The first-order valence-electron chi connectivity index (χ1n) is 12.2. The van der Waals surface area contributed by atoms with Crippen LogP contribution < -0.4 is 26.8 Å². The number of aromatic nitrogens is 3. The van der Waals surface area contributed by atoms with Crippen LogP contribution in [-0.2, 0) is 16.1 Å². The van der Waals surface area contributed by atoms with Crippen molar-refractivity contribution >= 4 is 40.8 Å². The predicted octanol–water partition coefficient (Wildman–Crippen LogP) is 2.40. The number of anilines is 2. The molecule has 14 heteroatoms. The van der Waals surface area contributed by atoms with E-state index in [0.717, 1.165) is 16.1 Å². The number of carboxylic acid groups (broad SMARTS) is 1. The van der Waals surface area contributed by atoms with E-state index in [1.54, 1.807) is 30.3 Å². The van der Waals surface area contributed by atoms with Gasteiger partial charge in [-0.25, -0.2) is 19.1 Å². The number of hydrogen-bond donors (Lipinski definition) is 5. The molecular weight excluding hydrogens is 546 g/mol. The van der Waals surface area contributed by atoms with Crippen molar-refractivity contribution in [3.8, 4) is 5.75 Å². The standard InChI is InChI=1S/C17H14N6O5.C10H13NO2.CH4/c18-9-6-20-23-12(17(26)27)4-11(22-15(9)23)16(25)19-5-8-1-2-13-10(3-8)21-14(24)7-28-13;1-7(11)8-3-5-9(6-4-8)10(12)13-2;/h1-4,6H,5,7,18H2,(H,19,25)(H,21,24)(H,26,27);3-7H,11H2,1-2H3;1H4/t;7-;/m.0./s1. The van der Waals surface area contributed by atoms with Crippen molar-refractivity contribution in [3.63, 3.8) is 0 Å². The highest BCUT2D eigenvalue weighted by Crippen LogP contribution is 2.28. The summed E-state index contributed by atoms with van der Waals surface area (Å²) in [6.07, 6.45) is 1.26. The second-order valence-corrected chi connectivity index (χ2v) is 8.92. The van der Waals surface area contributed by atoms with Crippen LogP contribution in [0.15, 0.2) is 54.7 Å². The normalized spacial score (nSPS) is 12.3. The minimum atomic E-state index is -1.27. The van der Waals surface area contributed by atoms with Gasteiger partial charge in [0.25, 0.3) is 11.8 Å². The van der Waals surface area contributed by atoms with Crippen LogP contribution in [0, 0.1) is 0 Å². The van der Waals surface area contributed by atoms with Crippen LogP contribution in [0.2, 0.25) is 0 Å². The number of hydrogen-bond acceptors (Lipinski definition) is 10. The van der Waals surface area contributed by atoms with E-state index < -0.39 is 11.9 Å². The van der Waals surface area contributed by atoms with Crippen LogP contribution in [0.25, 0.3) is 5.65 Å². The number of nitrogens with one attached hydrogen (secondary N) is 2. The van der Waals surface area contributed by atoms with Crippen LogP contribution in [0.4, 0.5) is 11.4 Å². The lowest BCUT2D eigenvalue weighted by Crippen LogP contribution is -2.27. The molecule has 0 saturated heterocycles. The van der Waals surface area contributed by atoms with Gasteiger partial charge in [-0.2, -0.15) is 5.10 Å². The van der Waals surface area contributed by atoms with E-state index >= 15 is 0 Å². The molecule has 14 nitrogen and oxygen atoms in total. The molecule has 4 aromatic rings. The second kappa shape index (κ2) is 13.2. The number of benzene rings is 2. The lowest BCUT2D eigenvalue weighted by Gasteiger charge is -2.18. The summed E-state index contributed by atoms with van der Waals surface area (Å²) >= 11 is 0. The number of esters is 1. The molecular formula is C28H31N7O7. The quantitative estimate of drug-likeness (QED) is 0.210. The number of nitrogen functional groups attached to an aromatic ring is 1. The van der Waals surface area contributed by atoms with Crippen LogP contribution in [-0.4, -0.2) is 57.2 Å². The molecule has 1 aliphatic rings. The van der Waals surface area contributed by atoms with Crippen molar-refractivity contribution in [1.29, 1.82) is 0 Å². The molecule has 220 valence electrons. The first-order chi connectivity index (χ1) is 19.6. The Hall–Kier alpha value is -5.50. The zero-order valence-corrected chi connectivity index (χ0v) is 22.1. The minimum Gasteiger partial charge on any atom is -0.482 e. The van der Waals surface area contributed by atoms with Crippen LogP contribution in [0.1, 0.15) is 62.9 Å². The fourth-order valence-corrected chi connectivity index (χ4v) is 3.80. The molecule has 2 aromatic carbocycles. The number of nitrogens with two attached hydrogens (primary N) is 2. The Bertz CT molecular complexity index is 1630. The number of methoxy groups -OCH3 is 1. The number of amides is 2. The van der Waals surface area contributed by atoms with Crippen molar-refractivity contribution in [2.45, 2.75) is 26.9 Å². The van der Waals surface area contributed by atoms with E-state index in [2.05, 4.69) is 25.5 Å². The molecule has 1 atom stereocenters. The Morgan fingerprint density at radius 2 is 1.90 bits per heavy atom. The number of rotatable bonds is 6. The molecule has 1 aliphatic heterocycles. The molecule has 3 heterocycles. The summed E-state index contributed by atoms with van der Waals surface area (Å²) in [7, 11) is 1.36. The summed E-state index contributed by atoms with van der Waals surface area (Å²) < 4.78 is 10.9. The smallest absolute Gasteiger partial charge is 0.354 e. The Balaban J connectivity index is 0.000000293. The van der Waals surface area contributed by atoms with E-state index in [0.29, 0.717) is 22.6 Å². The number of carbonyl (C=O) groups is 4. The van der Waals surface area contributed by atoms with Gasteiger partial charge < -0.3 is 36.7 Å². The van der Waals surface area contributed by atoms with E-state index in [1.807, 2.05) is 19.1 Å². The van der Waals surface area contributed by atoms with Gasteiger partial charge in [0.15, 0.2) is 17.9 Å². The third kappa shape index (κ3) is 6.98. The predicted molar refractivity (Wildman–Crippen MR) is 153 cm³/mol. The van der Waals surface area contributed by atoms with Crippen molar-refractivity contribution in [1.82, 2.24) is 19.9 Å². The van der Waals surface area contributed by atoms with Gasteiger partial charge in [-0.1, -0.05) is 25.6 Å². The van der Waals surface area contributed by atoms with Gasteiger partial charge in [-0.15, -0.1) is 0 Å². The third-order valence-electron chi connectivity index (χ3n) is 5.94. The molecule has 0 radical (unpaired) electrons. The molecule has 7 N–H and O–H groups in total. The number of carbonyl (C=O) groups excluding carboxylic acids is 3. The Labute approximate surface area is 240 Å². The van der Waals surface area contributed by atoms with E-state index in [4.69, 9.17) is 16.2 Å². The average molecular weight is 578 g/mol. The van der Waals surface area contributed by atoms with Crippen molar-refractivity contribution < 1.29 is 33.8 Å². The molecule has 0 fully saturated rings. The largest absolute Gasteiger partial charge is 0.482 e. The van der Waals surface area contributed by atoms with Crippen LogP contribution in [0.5, 0.6) is 5.75 Å². The molecule has 42 heavy (non-hydrogen) atoms. The van der Waals surface area contributed by atoms with Crippen molar-refractivity contribution in [2.75, 3.05) is 24.8 Å². The fraction of sp³-hybridized carbons (Fsp3) is 0.214. The fourth-order valence-electron chi connectivity index (χ4n) is 3.80. The van der Waals surface area contributed by atoms with Crippen molar-refractivity contribution in [2.24, 2.45) is 5.73 Å². The third-order valence-corrected chi connectivity index (χ3v) is 5.94. The lowest BCUT2D eigenvalue weighted by atomic mass is 10.1. The number of ether oxygens (including phenoxy) is 2. The first-order valence-corrected chi connectivity index (χ1v) is 12.2. The summed E-state index contributed by atoms with van der Waals surface area (Å²) in [5.41, 5.74) is 14.1. The van der Waals surface area contributed by atoms with Gasteiger partial charge in [0, 0.05) is 18.7 Å². The molecule has 2 aromatic heterocycles. The maximum atomic E-state index is 12.5. The summed E-state index contributed by atoms with van der Waals surface area (Å²) in [6, 6.07) is 13.3. The van der Waals surface area contributed by atoms with Crippen LogP contribution >= 0.6 is 0 Å². The van der Waals surface area contributed by atoms with Gasteiger partial charge in [-0.05, 0) is 42.3 Å². The second-order valence-electron chi connectivity index (χ2n) is 8.92. The number of carboxylic acids is 1. The van der Waals surface area contributed by atoms with Crippen molar-refractivity contribution in [3.05, 3.63) is 82.8 Å². The summed E-state index contributed by atoms with van der Waals surface area (Å²) in [5, 5.41) is 18.5. The SMILES string of the molecule is C.COC(=O)c1ccc([C@H](C)N)cc1.Nc1cnn2c(C(=O)O)cc(C(=O)NCc3ccc4c(c3)NC(=O)CO4)nc12. The highest BCUT2D eigenvalue weighted by Gasteiger charge is 2.19. The lowest BCUT2D eigenvalue weighted by molar-refractivity contribution is -0.118. The molecule has 2 amide bonds. The highest BCUT2D eigenvalue weighted by molar-refractivity contribution is 5.97. The Kier molecular flexibility index (Phi) is 9.78. The minimum absolute atomic E-state index is 0. The molecule has 5 rings (SSSR count). The number of nitrogens with zero attached hydrogens (tertiary/aromatic N) is 3. The van der Waals surface area contributed by atoms with E-state index in [-0.39, 0.29) is 61.2 Å². The summed E-state index contributed by atoms with van der Waals surface area (Å²) in [5.74, 6) is -1.88. The molecule has 0 unspecified atom stereocenters. The van der Waals surface area contributed by atoms with Gasteiger partial charge >= 0.3 is 11.9 Å². The first kappa shape index (κ1) is 31.0. The summed E-state index contributed by atoms with van der Waals surface area (Å²) in [4.78, 5) is 50.5. The topological polar surface area (TPSA) is 213 Å². The maximum absolute atomic E-state index is 12.5. The maximum Gasteiger partial charge on any atom is 0.354 e. The van der Waals surface area contributed by atoms with Gasteiger partial charge in [0.2, 0.25) is 0 Å². The van der Waals surface area contributed by atoms with Gasteiger partial charge in [0.1, 0.15) is 11.4 Å². The van der Waals surface area contributed by atoms with Crippen LogP contribution in [0.3, 0.4) is 0 Å². The number of fused-ring (bicyclic) bond motifs is 2. The molecule has 0 saturated carbocycles. The molecule has 0 aliphatic carbocycles. The molecule has 0 bridgehead atoms. The Morgan fingerprint density at radius 3 is 2.55 bits per heavy atom. The summed E-state index contributed by atoms with van der Waals surface area (Å²) in [6.45, 7) is 1.99. The Morgan fingerprint density at radius 1 is 1.19 bits per heavy atom. The molecule has 0 spiro atoms. The van der Waals surface area contributed by atoms with E-state index in [1.165, 1.54) is 13.3 Å². The van der Waals surface area contributed by atoms with E-state index in [9.17, 15) is 24.3 Å². The van der Waals surface area contributed by atoms with Gasteiger partial charge in [-0.3, -0.25) is 9.59 Å². The highest BCUT2D eigenvalue weighted by atomic mass is 16.5. The monoisotopic (exact) mass is 577 g/mol. The zero-order chi connectivity index (χ0) is 29.7. The average Bonchev–Trinajstić information content (AvgIpc) is 3.35.